The molecule has 8 nitrogen and oxygen atoms in total. The van der Waals surface area contributed by atoms with Gasteiger partial charge in [-0.1, -0.05) is 11.6 Å². The summed E-state index contributed by atoms with van der Waals surface area (Å²) in [6.45, 7) is 1.65. The van der Waals surface area contributed by atoms with Gasteiger partial charge in [0, 0.05) is 11.4 Å². The average molecular weight is 452 g/mol. The third-order valence-corrected chi connectivity index (χ3v) is 4.54. The first-order valence-corrected chi connectivity index (χ1v) is 9.08. The van der Waals surface area contributed by atoms with Crippen LogP contribution in [0.15, 0.2) is 36.5 Å². The number of carbonyl (C=O) groups is 1. The monoisotopic (exact) mass is 451 g/mol. The number of nitrogens with zero attached hydrogens (tertiary/aromatic N) is 2. The number of hydrogen-bond acceptors (Lipinski definition) is 7. The number of rotatable bonds is 4. The summed E-state index contributed by atoms with van der Waals surface area (Å²) >= 11 is 5.94. The first-order valence-electron chi connectivity index (χ1n) is 8.70. The van der Waals surface area contributed by atoms with Crippen molar-refractivity contribution in [3.63, 3.8) is 0 Å². The maximum Gasteiger partial charge on any atom is 0.482 e. The zero-order chi connectivity index (χ0) is 22.3. The van der Waals surface area contributed by atoms with Gasteiger partial charge in [0.1, 0.15) is 5.75 Å². The second-order valence-electron chi connectivity index (χ2n) is 6.55. The zero-order valence-electron chi connectivity index (χ0n) is 15.6. The van der Waals surface area contributed by atoms with E-state index in [-0.39, 0.29) is 39.7 Å². The first-order chi connectivity index (χ1) is 14.6. The quantitative estimate of drug-likeness (QED) is 0.426. The smallest absolute Gasteiger partial charge is 0.482 e. The lowest BCUT2D eigenvalue weighted by atomic mass is 10.2. The Kier molecular flexibility index (Phi) is 4.97. The maximum atomic E-state index is 14.2. The number of alkyl halides is 2. The fourth-order valence-corrected chi connectivity index (χ4v) is 3.03. The molecule has 1 aliphatic heterocycles. The van der Waals surface area contributed by atoms with Crippen LogP contribution in [0.5, 0.6) is 11.5 Å². The minimum Gasteiger partial charge on any atom is -0.506 e. The summed E-state index contributed by atoms with van der Waals surface area (Å²) in [5.41, 5.74) is 1.22. The fraction of sp³-hybridized carbons (Fsp3) is 0.105. The van der Waals surface area contributed by atoms with Crippen LogP contribution in [0.1, 0.15) is 5.56 Å². The number of aryl methyl sites for hydroxylation is 1. The lowest BCUT2D eigenvalue weighted by molar-refractivity contribution is -0.189. The summed E-state index contributed by atoms with van der Waals surface area (Å²) in [6, 6.07) is 6.89. The Bertz CT molecular complexity index is 1190. The summed E-state index contributed by atoms with van der Waals surface area (Å²) in [4.78, 5) is 19.3. The standard InChI is InChI=1S/C19H13ClF3N5O3/c1-8-4-10(5-11(20)15(8)29)26-18-24-7-12(21)16(28-18)25-9-2-3-14-13(6-9)27-17(30)19(22,23)31-14/h2-7,29H,1H3,(H,27,30)(H2,24,25,26,28). The van der Waals surface area contributed by atoms with Crippen LogP contribution in [0.4, 0.5) is 42.0 Å². The van der Waals surface area contributed by atoms with Crippen LogP contribution < -0.4 is 20.7 Å². The van der Waals surface area contributed by atoms with Crippen LogP contribution in [0.25, 0.3) is 0 Å². The molecule has 12 heteroatoms. The van der Waals surface area contributed by atoms with Gasteiger partial charge in [-0.2, -0.15) is 13.8 Å². The fourth-order valence-electron chi connectivity index (χ4n) is 2.76. The van der Waals surface area contributed by atoms with Gasteiger partial charge in [-0.25, -0.2) is 9.37 Å². The molecule has 4 rings (SSSR count). The van der Waals surface area contributed by atoms with Crippen molar-refractivity contribution in [1.29, 1.82) is 0 Å². The molecular formula is C19H13ClF3N5O3. The minimum absolute atomic E-state index is 0.0112. The summed E-state index contributed by atoms with van der Waals surface area (Å²) < 4.78 is 45.2. The van der Waals surface area contributed by atoms with E-state index in [1.165, 1.54) is 24.3 Å². The van der Waals surface area contributed by atoms with Crippen LogP contribution in [-0.4, -0.2) is 27.1 Å². The molecule has 0 saturated heterocycles. The molecule has 0 unspecified atom stereocenters. The van der Waals surface area contributed by atoms with Crippen molar-refractivity contribution in [3.05, 3.63) is 52.9 Å². The van der Waals surface area contributed by atoms with Gasteiger partial charge in [0.05, 0.1) is 16.9 Å². The van der Waals surface area contributed by atoms with Gasteiger partial charge in [0.15, 0.2) is 17.4 Å². The molecule has 0 radical (unpaired) electrons. The number of aromatic nitrogens is 2. The van der Waals surface area contributed by atoms with Crippen LogP contribution in [-0.2, 0) is 4.79 Å². The van der Waals surface area contributed by atoms with Crippen molar-refractivity contribution in [2.75, 3.05) is 16.0 Å². The Morgan fingerprint density at radius 3 is 2.71 bits per heavy atom. The highest BCUT2D eigenvalue weighted by Crippen LogP contribution is 2.37. The van der Waals surface area contributed by atoms with Crippen LogP contribution in [0.3, 0.4) is 0 Å². The van der Waals surface area contributed by atoms with E-state index in [4.69, 9.17) is 11.6 Å². The summed E-state index contributed by atoms with van der Waals surface area (Å²) in [5, 5.41) is 17.4. The number of phenols is 1. The van der Waals surface area contributed by atoms with Gasteiger partial charge in [0.2, 0.25) is 5.95 Å². The molecule has 0 fully saturated rings. The second kappa shape index (κ2) is 7.51. The second-order valence-corrected chi connectivity index (χ2v) is 6.95. The Morgan fingerprint density at radius 2 is 1.97 bits per heavy atom. The molecule has 1 aliphatic rings. The molecular weight excluding hydrogens is 439 g/mol. The number of phenolic OH excluding ortho intramolecular Hbond substituents is 1. The predicted molar refractivity (Wildman–Crippen MR) is 107 cm³/mol. The van der Waals surface area contributed by atoms with Crippen molar-refractivity contribution in [2.45, 2.75) is 13.0 Å². The molecule has 3 aromatic rings. The van der Waals surface area contributed by atoms with E-state index in [1.54, 1.807) is 13.0 Å². The van der Waals surface area contributed by atoms with Gasteiger partial charge in [-0.15, -0.1) is 0 Å². The molecule has 1 aromatic heterocycles. The molecule has 0 spiro atoms. The van der Waals surface area contributed by atoms with E-state index in [9.17, 15) is 23.1 Å². The summed E-state index contributed by atoms with van der Waals surface area (Å²) in [6.07, 6.45) is -3.05. The Balaban J connectivity index is 1.57. The molecule has 160 valence electrons. The molecule has 31 heavy (non-hydrogen) atoms. The van der Waals surface area contributed by atoms with Gasteiger partial charge in [-0.05, 0) is 42.8 Å². The lowest BCUT2D eigenvalue weighted by Crippen LogP contribution is -2.43. The highest BCUT2D eigenvalue weighted by molar-refractivity contribution is 6.32. The third-order valence-electron chi connectivity index (χ3n) is 4.25. The number of anilines is 5. The van der Waals surface area contributed by atoms with Crippen LogP contribution in [0.2, 0.25) is 5.02 Å². The third kappa shape index (κ3) is 4.12. The maximum absolute atomic E-state index is 14.2. The number of aromatic hydroxyl groups is 1. The van der Waals surface area contributed by atoms with Crippen molar-refractivity contribution < 1.29 is 27.8 Å². The minimum atomic E-state index is -3.98. The Labute approximate surface area is 178 Å². The lowest BCUT2D eigenvalue weighted by Gasteiger charge is -2.25. The van der Waals surface area contributed by atoms with Gasteiger partial charge < -0.3 is 25.8 Å². The van der Waals surface area contributed by atoms with E-state index < -0.39 is 17.8 Å². The van der Waals surface area contributed by atoms with Crippen molar-refractivity contribution in [3.8, 4) is 11.5 Å². The van der Waals surface area contributed by atoms with E-state index in [0.29, 0.717) is 11.3 Å². The molecule has 0 aliphatic carbocycles. The van der Waals surface area contributed by atoms with E-state index in [1.807, 2.05) is 5.32 Å². The highest BCUT2D eigenvalue weighted by Gasteiger charge is 2.46. The number of benzene rings is 2. The van der Waals surface area contributed by atoms with E-state index in [2.05, 4.69) is 25.3 Å². The molecule has 0 atom stereocenters. The van der Waals surface area contributed by atoms with Crippen molar-refractivity contribution in [1.82, 2.24) is 9.97 Å². The summed E-state index contributed by atoms with van der Waals surface area (Å²) in [5.74, 6) is -2.88. The van der Waals surface area contributed by atoms with Crippen LogP contribution in [0, 0.1) is 12.7 Å². The van der Waals surface area contributed by atoms with E-state index in [0.717, 1.165) is 6.20 Å². The summed E-state index contributed by atoms with van der Waals surface area (Å²) in [7, 11) is 0. The molecule has 2 heterocycles. The average Bonchev–Trinajstić information content (AvgIpc) is 2.69. The number of hydrogen-bond donors (Lipinski definition) is 4. The van der Waals surface area contributed by atoms with Gasteiger partial charge in [-0.3, -0.25) is 4.79 Å². The normalized spacial score (nSPS) is 14.3. The number of fused-ring (bicyclic) bond motifs is 1. The molecule has 0 bridgehead atoms. The molecule has 2 aromatic carbocycles. The van der Waals surface area contributed by atoms with Crippen LogP contribution >= 0.6 is 11.6 Å². The molecule has 0 saturated carbocycles. The largest absolute Gasteiger partial charge is 0.506 e. The number of halogens is 4. The number of amides is 1. The highest BCUT2D eigenvalue weighted by atomic mass is 35.5. The van der Waals surface area contributed by atoms with E-state index >= 15 is 0 Å². The number of nitrogens with one attached hydrogen (secondary N) is 3. The van der Waals surface area contributed by atoms with Crippen molar-refractivity contribution in [2.24, 2.45) is 0 Å². The Morgan fingerprint density at radius 1 is 1.19 bits per heavy atom. The number of ether oxygens (including phenoxy) is 1. The molecule has 4 N–H and O–H groups in total. The first kappa shape index (κ1) is 20.5. The Hall–Kier alpha value is -3.73. The van der Waals surface area contributed by atoms with Gasteiger partial charge in [0.25, 0.3) is 0 Å². The topological polar surface area (TPSA) is 108 Å². The molecule has 1 amide bonds. The van der Waals surface area contributed by atoms with Crippen molar-refractivity contribution >= 4 is 46.3 Å². The number of carbonyl (C=O) groups excluding carboxylic acids is 1. The SMILES string of the molecule is Cc1cc(Nc2ncc(F)c(Nc3ccc4c(c3)NC(=O)C(F)(F)O4)n2)cc(Cl)c1O. The van der Waals surface area contributed by atoms with Gasteiger partial charge >= 0.3 is 12.0 Å². The predicted octanol–water partition coefficient (Wildman–Crippen LogP) is 4.69. The zero-order valence-corrected chi connectivity index (χ0v) is 16.4.